The van der Waals surface area contributed by atoms with Crippen LogP contribution < -0.4 is 15.2 Å². The van der Waals surface area contributed by atoms with Gasteiger partial charge in [-0.15, -0.1) is 0 Å². The normalized spacial score (nSPS) is 11.4. The Morgan fingerprint density at radius 2 is 1.58 bits per heavy atom. The van der Waals surface area contributed by atoms with E-state index >= 15 is 0 Å². The summed E-state index contributed by atoms with van der Waals surface area (Å²) in [4.78, 5) is 24.5. The lowest BCUT2D eigenvalue weighted by atomic mass is 10.1. The van der Waals surface area contributed by atoms with Crippen molar-refractivity contribution >= 4 is 49.6 Å². The fourth-order valence-corrected chi connectivity index (χ4v) is 3.41. The summed E-state index contributed by atoms with van der Waals surface area (Å²) in [5, 5.41) is 16.9. The van der Waals surface area contributed by atoms with Crippen LogP contribution in [-0.4, -0.2) is 20.3 Å². The summed E-state index contributed by atoms with van der Waals surface area (Å²) in [5.41, 5.74) is 1.05. The number of primary sulfonamides is 1. The zero-order valence-electron chi connectivity index (χ0n) is 16.9. The van der Waals surface area contributed by atoms with E-state index in [1.807, 2.05) is 6.07 Å². The van der Waals surface area contributed by atoms with E-state index in [-0.39, 0.29) is 10.5 Å². The van der Waals surface area contributed by atoms with E-state index in [0.29, 0.717) is 22.6 Å². The van der Waals surface area contributed by atoms with Crippen molar-refractivity contribution in [1.82, 2.24) is 0 Å². The van der Waals surface area contributed by atoms with Gasteiger partial charge in [-0.25, -0.2) is 18.4 Å². The number of hydrogen-bond acceptors (Lipinski definition) is 6. The molecule has 33 heavy (non-hydrogen) atoms. The van der Waals surface area contributed by atoms with E-state index in [1.165, 1.54) is 30.3 Å². The molecule has 10 heteroatoms. The van der Waals surface area contributed by atoms with Crippen molar-refractivity contribution in [1.29, 1.82) is 5.26 Å². The lowest BCUT2D eigenvalue weighted by Gasteiger charge is -2.06. The number of rotatable bonds is 6. The van der Waals surface area contributed by atoms with Crippen molar-refractivity contribution in [3.8, 4) is 11.8 Å². The first-order valence-corrected chi connectivity index (χ1v) is 11.6. The number of sulfonamides is 1. The van der Waals surface area contributed by atoms with E-state index in [9.17, 15) is 23.3 Å². The van der Waals surface area contributed by atoms with Crippen molar-refractivity contribution in [2.75, 3.05) is 5.32 Å². The number of nitrogens with one attached hydrogen (secondary N) is 1. The fraction of sp³-hybridized carbons (Fsp3) is 0. The molecule has 0 radical (unpaired) electrons. The second-order valence-electron chi connectivity index (χ2n) is 6.66. The highest BCUT2D eigenvalue weighted by molar-refractivity contribution is 9.10. The van der Waals surface area contributed by atoms with Gasteiger partial charge in [0.2, 0.25) is 10.0 Å². The van der Waals surface area contributed by atoms with Gasteiger partial charge in [-0.1, -0.05) is 28.1 Å². The predicted molar refractivity (Wildman–Crippen MR) is 126 cm³/mol. The van der Waals surface area contributed by atoms with Gasteiger partial charge in [-0.05, 0) is 72.3 Å². The number of benzene rings is 3. The number of carbonyl (C=O) groups excluding carboxylic acids is 2. The first kappa shape index (κ1) is 23.9. The number of anilines is 1. The number of ether oxygens (including phenoxy) is 1. The summed E-state index contributed by atoms with van der Waals surface area (Å²) in [6.45, 7) is 0. The van der Waals surface area contributed by atoms with Crippen molar-refractivity contribution in [3.63, 3.8) is 0 Å². The fourth-order valence-electron chi connectivity index (χ4n) is 2.63. The minimum absolute atomic E-state index is 0.0996. The van der Waals surface area contributed by atoms with E-state index in [0.717, 1.165) is 4.47 Å². The topological polar surface area (TPSA) is 139 Å². The van der Waals surface area contributed by atoms with Crippen LogP contribution in [0.4, 0.5) is 5.69 Å². The quantitative estimate of drug-likeness (QED) is 0.216. The highest BCUT2D eigenvalue weighted by atomic mass is 79.9. The van der Waals surface area contributed by atoms with Gasteiger partial charge in [0.05, 0.1) is 10.5 Å². The van der Waals surface area contributed by atoms with E-state index in [1.54, 1.807) is 48.5 Å². The van der Waals surface area contributed by atoms with Gasteiger partial charge < -0.3 is 10.1 Å². The molecule has 0 heterocycles. The number of hydrogen-bond donors (Lipinski definition) is 2. The lowest BCUT2D eigenvalue weighted by Crippen LogP contribution is -2.14. The number of carbonyl (C=O) groups is 2. The van der Waals surface area contributed by atoms with Crippen LogP contribution in [0.25, 0.3) is 6.08 Å². The Kier molecular flexibility index (Phi) is 7.40. The summed E-state index contributed by atoms with van der Waals surface area (Å²) < 4.78 is 28.8. The van der Waals surface area contributed by atoms with Gasteiger partial charge in [-0.2, -0.15) is 5.26 Å². The van der Waals surface area contributed by atoms with E-state index in [2.05, 4.69) is 21.2 Å². The highest BCUT2D eigenvalue weighted by Crippen LogP contribution is 2.18. The van der Waals surface area contributed by atoms with Crippen LogP contribution in [-0.2, 0) is 14.8 Å². The SMILES string of the molecule is N#CC(=Cc1ccc(OC(=O)c2ccc(Br)cc2)cc1)C(=O)Nc1ccc(S(N)(=O)=O)cc1. The molecule has 0 aliphatic rings. The Bertz CT molecular complexity index is 1360. The zero-order chi connectivity index (χ0) is 24.0. The Labute approximate surface area is 198 Å². The standard InChI is InChI=1S/C23H16BrN3O5S/c24-18-5-3-16(4-6-18)23(29)32-20-9-1-15(2-10-20)13-17(14-25)22(28)27-19-7-11-21(12-8-19)33(26,30)31/h1-13H,(H,27,28)(H2,26,30,31). The third-order valence-electron chi connectivity index (χ3n) is 4.29. The van der Waals surface area contributed by atoms with Crippen LogP contribution in [0.15, 0.2) is 87.7 Å². The average Bonchev–Trinajstić information content (AvgIpc) is 2.78. The molecule has 0 aliphatic carbocycles. The van der Waals surface area contributed by atoms with Gasteiger partial charge >= 0.3 is 5.97 Å². The second-order valence-corrected chi connectivity index (χ2v) is 9.14. The van der Waals surface area contributed by atoms with Crippen LogP contribution in [0.3, 0.4) is 0 Å². The maximum absolute atomic E-state index is 12.4. The summed E-state index contributed by atoms with van der Waals surface area (Å²) in [6.07, 6.45) is 1.37. The van der Waals surface area contributed by atoms with Crippen LogP contribution >= 0.6 is 15.9 Å². The molecule has 3 aromatic rings. The van der Waals surface area contributed by atoms with Crippen LogP contribution in [0.1, 0.15) is 15.9 Å². The first-order chi connectivity index (χ1) is 15.7. The molecule has 0 saturated carbocycles. The summed E-state index contributed by atoms with van der Waals surface area (Å²) in [6, 6.07) is 20.0. The smallest absolute Gasteiger partial charge is 0.343 e. The molecule has 0 saturated heterocycles. The maximum Gasteiger partial charge on any atom is 0.343 e. The molecular weight excluding hydrogens is 510 g/mol. The van der Waals surface area contributed by atoms with Crippen molar-refractivity contribution < 1.29 is 22.7 Å². The Morgan fingerprint density at radius 3 is 2.12 bits per heavy atom. The van der Waals surface area contributed by atoms with Crippen molar-refractivity contribution in [3.05, 3.63) is 94.0 Å². The molecule has 0 spiro atoms. The summed E-state index contributed by atoms with van der Waals surface area (Å²) >= 11 is 3.30. The molecule has 0 unspecified atom stereocenters. The Morgan fingerprint density at radius 1 is 0.970 bits per heavy atom. The minimum Gasteiger partial charge on any atom is -0.423 e. The number of nitrogens with zero attached hydrogens (tertiary/aromatic N) is 1. The van der Waals surface area contributed by atoms with Crippen LogP contribution in [0.2, 0.25) is 0 Å². The molecule has 3 rings (SSSR count). The lowest BCUT2D eigenvalue weighted by molar-refractivity contribution is -0.112. The molecule has 0 fully saturated rings. The van der Waals surface area contributed by atoms with Gasteiger partial charge in [0.15, 0.2) is 0 Å². The number of nitrogens with two attached hydrogens (primary N) is 1. The monoisotopic (exact) mass is 525 g/mol. The number of amides is 1. The van der Waals surface area contributed by atoms with Gasteiger partial charge in [0, 0.05) is 10.2 Å². The molecule has 8 nitrogen and oxygen atoms in total. The van der Waals surface area contributed by atoms with E-state index < -0.39 is 21.9 Å². The van der Waals surface area contributed by atoms with Crippen LogP contribution in [0, 0.1) is 11.3 Å². The largest absolute Gasteiger partial charge is 0.423 e. The molecule has 0 atom stereocenters. The Balaban J connectivity index is 1.68. The number of nitriles is 1. The molecule has 0 bridgehead atoms. The third-order valence-corrected chi connectivity index (χ3v) is 5.75. The maximum atomic E-state index is 12.4. The van der Waals surface area contributed by atoms with Crippen LogP contribution in [0.5, 0.6) is 5.75 Å². The van der Waals surface area contributed by atoms with Crippen molar-refractivity contribution in [2.45, 2.75) is 4.90 Å². The molecule has 3 aromatic carbocycles. The molecule has 3 N–H and O–H groups in total. The van der Waals surface area contributed by atoms with Gasteiger partial charge in [0.25, 0.3) is 5.91 Å². The summed E-state index contributed by atoms with van der Waals surface area (Å²) in [7, 11) is -3.85. The average molecular weight is 526 g/mol. The molecular formula is C23H16BrN3O5S. The molecule has 0 aromatic heterocycles. The zero-order valence-corrected chi connectivity index (χ0v) is 19.3. The second kappa shape index (κ2) is 10.2. The third kappa shape index (κ3) is 6.60. The predicted octanol–water partition coefficient (Wildman–Crippen LogP) is 3.86. The molecule has 1 amide bonds. The Hall–Kier alpha value is -3.78. The van der Waals surface area contributed by atoms with Gasteiger partial charge in [-0.3, -0.25) is 4.79 Å². The first-order valence-electron chi connectivity index (χ1n) is 9.29. The minimum atomic E-state index is -3.85. The molecule has 0 aliphatic heterocycles. The number of esters is 1. The van der Waals surface area contributed by atoms with Gasteiger partial charge in [0.1, 0.15) is 17.4 Å². The van der Waals surface area contributed by atoms with Crippen molar-refractivity contribution in [2.24, 2.45) is 5.14 Å². The van der Waals surface area contributed by atoms with E-state index in [4.69, 9.17) is 9.88 Å². The number of halogens is 1. The summed E-state index contributed by atoms with van der Waals surface area (Å²) in [5.74, 6) is -0.888. The molecule has 166 valence electrons. The highest BCUT2D eigenvalue weighted by Gasteiger charge is 2.12.